The van der Waals surface area contributed by atoms with Crippen LogP contribution in [0.5, 0.6) is 0 Å². The van der Waals surface area contributed by atoms with E-state index in [0.717, 1.165) is 45.2 Å². The highest BCUT2D eigenvalue weighted by atomic mass is 16.2. The number of hydrogen-bond donors (Lipinski definition) is 1. The standard InChI is InChI=1S/C20H29N3O2/c1-3-10-21-19(24)20(25)22(2)17-9-6-11-23(14-17)18-12-15-7-4-5-8-16(15)13-18/h4-5,7-8,17-18H,3,6,9-14H2,1-2H3,(H,21,24). The third kappa shape index (κ3) is 4.03. The molecule has 5 nitrogen and oxygen atoms in total. The Morgan fingerprint density at radius 1 is 1.24 bits per heavy atom. The first-order valence-electron chi connectivity index (χ1n) is 9.46. The monoisotopic (exact) mass is 343 g/mol. The van der Waals surface area contributed by atoms with Crippen LogP contribution in [0.15, 0.2) is 24.3 Å². The molecular formula is C20H29N3O2. The van der Waals surface area contributed by atoms with Crippen molar-refractivity contribution in [3.05, 3.63) is 35.4 Å². The molecule has 1 aromatic carbocycles. The molecule has 1 aromatic rings. The van der Waals surface area contributed by atoms with Gasteiger partial charge in [0.25, 0.3) is 0 Å². The number of likely N-dealkylation sites (tertiary alicyclic amines) is 1. The average molecular weight is 343 g/mol. The van der Waals surface area contributed by atoms with Crippen molar-refractivity contribution in [1.29, 1.82) is 0 Å². The number of carbonyl (C=O) groups excluding carboxylic acids is 2. The molecule has 1 aliphatic heterocycles. The van der Waals surface area contributed by atoms with E-state index >= 15 is 0 Å². The smallest absolute Gasteiger partial charge is 0.311 e. The molecule has 1 atom stereocenters. The summed E-state index contributed by atoms with van der Waals surface area (Å²) in [6, 6.07) is 9.33. The quantitative estimate of drug-likeness (QED) is 0.845. The normalized spacial score (nSPS) is 21.0. The van der Waals surface area contributed by atoms with Crippen molar-refractivity contribution in [3.63, 3.8) is 0 Å². The van der Waals surface area contributed by atoms with Crippen LogP contribution in [0, 0.1) is 0 Å². The van der Waals surface area contributed by atoms with Gasteiger partial charge in [-0.15, -0.1) is 0 Å². The molecule has 0 spiro atoms. The van der Waals surface area contributed by atoms with Crippen molar-refractivity contribution in [1.82, 2.24) is 15.1 Å². The largest absolute Gasteiger partial charge is 0.348 e. The average Bonchev–Trinajstić information content (AvgIpc) is 3.09. The van der Waals surface area contributed by atoms with Crippen LogP contribution in [0.3, 0.4) is 0 Å². The molecule has 0 aromatic heterocycles. The molecule has 1 N–H and O–H groups in total. The molecule has 2 aliphatic rings. The highest BCUT2D eigenvalue weighted by Crippen LogP contribution is 2.28. The van der Waals surface area contributed by atoms with Crippen molar-refractivity contribution in [2.75, 3.05) is 26.7 Å². The van der Waals surface area contributed by atoms with Gasteiger partial charge in [-0.25, -0.2) is 0 Å². The number of likely N-dealkylation sites (N-methyl/N-ethyl adjacent to an activating group) is 1. The summed E-state index contributed by atoms with van der Waals surface area (Å²) >= 11 is 0. The van der Waals surface area contributed by atoms with Crippen molar-refractivity contribution in [2.45, 2.75) is 51.1 Å². The van der Waals surface area contributed by atoms with Gasteiger partial charge in [0.05, 0.1) is 0 Å². The van der Waals surface area contributed by atoms with Crippen LogP contribution in [0.1, 0.15) is 37.3 Å². The van der Waals surface area contributed by atoms with Crippen LogP contribution in [-0.4, -0.2) is 60.4 Å². The first-order chi connectivity index (χ1) is 12.1. The molecule has 1 aliphatic carbocycles. The first-order valence-corrected chi connectivity index (χ1v) is 9.46. The summed E-state index contributed by atoms with van der Waals surface area (Å²) in [5, 5.41) is 2.69. The van der Waals surface area contributed by atoms with Crippen LogP contribution in [0.25, 0.3) is 0 Å². The van der Waals surface area contributed by atoms with Gasteiger partial charge in [0, 0.05) is 32.2 Å². The highest BCUT2D eigenvalue weighted by Gasteiger charge is 2.33. The SMILES string of the molecule is CCCNC(=O)C(=O)N(C)C1CCCN(C2Cc3ccccc3C2)C1. The molecular weight excluding hydrogens is 314 g/mol. The van der Waals surface area contributed by atoms with Gasteiger partial charge in [0.15, 0.2) is 0 Å². The number of rotatable bonds is 4. The zero-order chi connectivity index (χ0) is 17.8. The predicted molar refractivity (Wildman–Crippen MR) is 98.3 cm³/mol. The summed E-state index contributed by atoms with van der Waals surface area (Å²) in [6.45, 7) is 4.48. The number of piperidine rings is 1. The van der Waals surface area contributed by atoms with Crippen molar-refractivity contribution in [2.24, 2.45) is 0 Å². The van der Waals surface area contributed by atoms with Crippen molar-refractivity contribution >= 4 is 11.8 Å². The summed E-state index contributed by atoms with van der Waals surface area (Å²) in [6.07, 6.45) is 5.07. The fourth-order valence-electron chi connectivity index (χ4n) is 4.07. The molecule has 0 saturated carbocycles. The number of amides is 2. The second kappa shape index (κ2) is 8.00. The van der Waals surface area contributed by atoms with E-state index in [1.165, 1.54) is 11.1 Å². The Balaban J connectivity index is 1.58. The minimum atomic E-state index is -0.477. The van der Waals surface area contributed by atoms with Gasteiger partial charge in [0.1, 0.15) is 0 Å². The minimum absolute atomic E-state index is 0.123. The van der Waals surface area contributed by atoms with E-state index in [9.17, 15) is 9.59 Å². The van der Waals surface area contributed by atoms with E-state index in [4.69, 9.17) is 0 Å². The van der Waals surface area contributed by atoms with Crippen LogP contribution in [0.2, 0.25) is 0 Å². The predicted octanol–water partition coefficient (Wildman–Crippen LogP) is 1.60. The summed E-state index contributed by atoms with van der Waals surface area (Å²) in [5.41, 5.74) is 2.91. The molecule has 2 amide bonds. The Hall–Kier alpha value is -1.88. The molecule has 25 heavy (non-hydrogen) atoms. The summed E-state index contributed by atoms with van der Waals surface area (Å²) in [5.74, 6) is -0.884. The third-order valence-electron chi connectivity index (χ3n) is 5.57. The molecule has 0 radical (unpaired) electrons. The van der Waals surface area contributed by atoms with Crippen molar-refractivity contribution in [3.8, 4) is 0 Å². The topological polar surface area (TPSA) is 52.7 Å². The zero-order valence-corrected chi connectivity index (χ0v) is 15.3. The molecule has 5 heteroatoms. The lowest BCUT2D eigenvalue weighted by atomic mass is 10.0. The first kappa shape index (κ1) is 17.9. The molecule has 3 rings (SSSR count). The molecule has 1 saturated heterocycles. The Bertz CT molecular complexity index is 606. The molecule has 1 heterocycles. The van der Waals surface area contributed by atoms with E-state index in [-0.39, 0.29) is 6.04 Å². The van der Waals surface area contributed by atoms with E-state index < -0.39 is 11.8 Å². The Morgan fingerprint density at radius 3 is 2.56 bits per heavy atom. The van der Waals surface area contributed by atoms with Crippen LogP contribution >= 0.6 is 0 Å². The lowest BCUT2D eigenvalue weighted by Gasteiger charge is -2.40. The van der Waals surface area contributed by atoms with Gasteiger partial charge < -0.3 is 10.2 Å². The van der Waals surface area contributed by atoms with Gasteiger partial charge >= 0.3 is 11.8 Å². The van der Waals surface area contributed by atoms with Crippen molar-refractivity contribution < 1.29 is 9.59 Å². The number of carbonyl (C=O) groups is 2. The maximum atomic E-state index is 12.3. The molecule has 1 fully saturated rings. The lowest BCUT2D eigenvalue weighted by Crippen LogP contribution is -2.54. The fourth-order valence-corrected chi connectivity index (χ4v) is 4.07. The third-order valence-corrected chi connectivity index (χ3v) is 5.57. The number of nitrogens with zero attached hydrogens (tertiary/aromatic N) is 2. The number of benzene rings is 1. The summed E-state index contributed by atoms with van der Waals surface area (Å²) < 4.78 is 0. The van der Waals surface area contributed by atoms with E-state index in [1.54, 1.807) is 11.9 Å². The maximum Gasteiger partial charge on any atom is 0.311 e. The van der Waals surface area contributed by atoms with Crippen LogP contribution in [-0.2, 0) is 22.4 Å². The number of hydrogen-bond acceptors (Lipinski definition) is 3. The second-order valence-electron chi connectivity index (χ2n) is 7.29. The van der Waals surface area contributed by atoms with Gasteiger partial charge in [-0.3, -0.25) is 14.5 Å². The zero-order valence-electron chi connectivity index (χ0n) is 15.3. The van der Waals surface area contributed by atoms with Crippen LogP contribution < -0.4 is 5.32 Å². The Kier molecular flexibility index (Phi) is 5.74. The van der Waals surface area contributed by atoms with Crippen LogP contribution in [0.4, 0.5) is 0 Å². The molecule has 1 unspecified atom stereocenters. The molecule has 0 bridgehead atoms. The Morgan fingerprint density at radius 2 is 1.92 bits per heavy atom. The van der Waals surface area contributed by atoms with E-state index in [1.807, 2.05) is 6.92 Å². The lowest BCUT2D eigenvalue weighted by molar-refractivity contribution is -0.147. The van der Waals surface area contributed by atoms with Gasteiger partial charge in [0.2, 0.25) is 0 Å². The molecule has 136 valence electrons. The number of fused-ring (bicyclic) bond motifs is 1. The maximum absolute atomic E-state index is 12.3. The summed E-state index contributed by atoms with van der Waals surface area (Å²) in [4.78, 5) is 28.5. The van der Waals surface area contributed by atoms with E-state index in [0.29, 0.717) is 12.6 Å². The van der Waals surface area contributed by atoms with Gasteiger partial charge in [-0.2, -0.15) is 0 Å². The van der Waals surface area contributed by atoms with E-state index in [2.05, 4.69) is 34.5 Å². The Labute approximate surface area is 150 Å². The van der Waals surface area contributed by atoms with Gasteiger partial charge in [-0.05, 0) is 49.8 Å². The van der Waals surface area contributed by atoms with Gasteiger partial charge in [-0.1, -0.05) is 31.2 Å². The summed E-state index contributed by atoms with van der Waals surface area (Å²) in [7, 11) is 1.77. The number of nitrogens with one attached hydrogen (secondary N) is 1. The fraction of sp³-hybridized carbons (Fsp3) is 0.600. The second-order valence-corrected chi connectivity index (χ2v) is 7.29. The highest BCUT2D eigenvalue weighted by molar-refractivity contribution is 6.35. The minimum Gasteiger partial charge on any atom is -0.348 e.